The zero-order chi connectivity index (χ0) is 13.6. The molecule has 2 aromatic rings. The van der Waals surface area contributed by atoms with Crippen LogP contribution in [-0.2, 0) is 11.3 Å². The van der Waals surface area contributed by atoms with E-state index in [4.69, 9.17) is 9.47 Å². The van der Waals surface area contributed by atoms with Crippen molar-refractivity contribution in [3.8, 4) is 11.5 Å². The van der Waals surface area contributed by atoms with E-state index in [1.54, 1.807) is 0 Å². The highest BCUT2D eigenvalue weighted by molar-refractivity contribution is 5.33. The van der Waals surface area contributed by atoms with Gasteiger partial charge in [-0.2, -0.15) is 0 Å². The number of ether oxygens (including phenoxy) is 2. The van der Waals surface area contributed by atoms with Gasteiger partial charge in [-0.15, -0.1) is 0 Å². The average molecular weight is 269 g/mol. The van der Waals surface area contributed by atoms with Crippen molar-refractivity contribution in [1.82, 2.24) is 5.32 Å². The molecule has 1 heterocycles. The lowest BCUT2D eigenvalue weighted by Gasteiger charge is -2.11. The van der Waals surface area contributed by atoms with Gasteiger partial charge in [-0.3, -0.25) is 0 Å². The van der Waals surface area contributed by atoms with Crippen LogP contribution in [-0.4, -0.2) is 19.3 Å². The summed E-state index contributed by atoms with van der Waals surface area (Å²) >= 11 is 0. The van der Waals surface area contributed by atoms with E-state index in [-0.39, 0.29) is 0 Å². The summed E-state index contributed by atoms with van der Waals surface area (Å²) in [5.41, 5.74) is 1.23. The van der Waals surface area contributed by atoms with Gasteiger partial charge in [-0.05, 0) is 36.2 Å². The predicted molar refractivity (Wildman–Crippen MR) is 79.0 cm³/mol. The Morgan fingerprint density at radius 1 is 1.05 bits per heavy atom. The summed E-state index contributed by atoms with van der Waals surface area (Å²) in [6.07, 6.45) is 1.10. The highest BCUT2D eigenvalue weighted by Gasteiger charge is 2.14. The summed E-state index contributed by atoms with van der Waals surface area (Å²) in [6.45, 7) is 2.54. The molecule has 20 heavy (non-hydrogen) atoms. The van der Waals surface area contributed by atoms with Crippen molar-refractivity contribution >= 4 is 0 Å². The Morgan fingerprint density at radius 2 is 1.90 bits per heavy atom. The molecule has 0 amide bonds. The first-order chi connectivity index (χ1) is 9.90. The minimum atomic E-state index is 0.480. The molecule has 1 aliphatic heterocycles. The Balaban J connectivity index is 1.60. The molecule has 0 aliphatic carbocycles. The largest absolute Gasteiger partial charge is 0.457 e. The molecule has 1 N–H and O–H groups in total. The Labute approximate surface area is 119 Å². The van der Waals surface area contributed by atoms with Crippen LogP contribution in [0.5, 0.6) is 11.5 Å². The summed E-state index contributed by atoms with van der Waals surface area (Å²) in [5, 5.41) is 3.51. The van der Waals surface area contributed by atoms with E-state index in [9.17, 15) is 0 Å². The molecule has 2 aromatic carbocycles. The monoisotopic (exact) mass is 269 g/mol. The Hall–Kier alpha value is -1.84. The Kier molecular flexibility index (Phi) is 4.31. The molecule has 1 atom stereocenters. The maximum Gasteiger partial charge on any atom is 0.127 e. The van der Waals surface area contributed by atoms with Crippen LogP contribution in [0.4, 0.5) is 0 Å². The van der Waals surface area contributed by atoms with Gasteiger partial charge in [0.2, 0.25) is 0 Å². The maximum atomic E-state index is 5.84. The van der Waals surface area contributed by atoms with Gasteiger partial charge in [0.15, 0.2) is 0 Å². The quantitative estimate of drug-likeness (QED) is 0.903. The van der Waals surface area contributed by atoms with Gasteiger partial charge in [0.05, 0.1) is 6.61 Å². The fourth-order valence-electron chi connectivity index (χ4n) is 2.30. The summed E-state index contributed by atoms with van der Waals surface area (Å²) < 4.78 is 11.2. The predicted octanol–water partition coefficient (Wildman–Crippen LogP) is 3.36. The van der Waals surface area contributed by atoms with Gasteiger partial charge >= 0.3 is 0 Å². The van der Waals surface area contributed by atoms with Crippen LogP contribution in [0.1, 0.15) is 12.0 Å². The van der Waals surface area contributed by atoms with E-state index in [0.29, 0.717) is 6.04 Å². The number of hydrogen-bond acceptors (Lipinski definition) is 3. The molecular weight excluding hydrogens is 250 g/mol. The van der Waals surface area contributed by atoms with E-state index in [2.05, 4.69) is 17.4 Å². The first-order valence-corrected chi connectivity index (χ1v) is 7.03. The molecular formula is C17H19NO2. The lowest BCUT2D eigenvalue weighted by Crippen LogP contribution is -2.28. The van der Waals surface area contributed by atoms with Gasteiger partial charge in [0.25, 0.3) is 0 Å². The number of para-hydroxylation sites is 1. The molecule has 1 unspecified atom stereocenters. The van der Waals surface area contributed by atoms with E-state index in [0.717, 1.165) is 37.7 Å². The topological polar surface area (TPSA) is 30.5 Å². The molecule has 0 spiro atoms. The molecule has 1 fully saturated rings. The smallest absolute Gasteiger partial charge is 0.127 e. The van der Waals surface area contributed by atoms with Crippen molar-refractivity contribution in [1.29, 1.82) is 0 Å². The SMILES string of the molecule is c1ccc(Oc2cccc(CNC3CCOC3)c2)cc1. The molecule has 0 saturated carbocycles. The van der Waals surface area contributed by atoms with Crippen LogP contribution < -0.4 is 10.1 Å². The first-order valence-electron chi connectivity index (χ1n) is 7.03. The fraction of sp³-hybridized carbons (Fsp3) is 0.294. The molecule has 1 saturated heterocycles. The van der Waals surface area contributed by atoms with Crippen LogP contribution in [0.25, 0.3) is 0 Å². The number of rotatable bonds is 5. The van der Waals surface area contributed by atoms with Gasteiger partial charge in [-0.1, -0.05) is 30.3 Å². The van der Waals surface area contributed by atoms with Crippen molar-refractivity contribution in [2.45, 2.75) is 19.0 Å². The maximum absolute atomic E-state index is 5.84. The van der Waals surface area contributed by atoms with Gasteiger partial charge in [0, 0.05) is 19.2 Å². The van der Waals surface area contributed by atoms with E-state index >= 15 is 0 Å². The average Bonchev–Trinajstić information content (AvgIpc) is 3.00. The molecule has 104 valence electrons. The third-order valence-corrected chi connectivity index (χ3v) is 3.40. The van der Waals surface area contributed by atoms with Crippen LogP contribution in [0, 0.1) is 0 Å². The second-order valence-corrected chi connectivity index (χ2v) is 5.00. The van der Waals surface area contributed by atoms with Gasteiger partial charge in [-0.25, -0.2) is 0 Å². The third kappa shape index (κ3) is 3.59. The van der Waals surface area contributed by atoms with Crippen molar-refractivity contribution in [3.63, 3.8) is 0 Å². The number of nitrogens with one attached hydrogen (secondary N) is 1. The molecule has 0 radical (unpaired) electrons. The Morgan fingerprint density at radius 3 is 2.70 bits per heavy atom. The zero-order valence-electron chi connectivity index (χ0n) is 11.4. The molecule has 3 nitrogen and oxygen atoms in total. The number of benzene rings is 2. The molecule has 3 heteroatoms. The van der Waals surface area contributed by atoms with Crippen LogP contribution in [0.3, 0.4) is 0 Å². The second-order valence-electron chi connectivity index (χ2n) is 5.00. The van der Waals surface area contributed by atoms with Crippen LogP contribution in [0.2, 0.25) is 0 Å². The third-order valence-electron chi connectivity index (χ3n) is 3.40. The van der Waals surface area contributed by atoms with Gasteiger partial charge in [0.1, 0.15) is 11.5 Å². The van der Waals surface area contributed by atoms with Crippen molar-refractivity contribution in [2.24, 2.45) is 0 Å². The van der Waals surface area contributed by atoms with E-state index in [1.807, 2.05) is 42.5 Å². The minimum absolute atomic E-state index is 0.480. The molecule has 3 rings (SSSR count). The molecule has 0 aromatic heterocycles. The summed E-state index contributed by atoms with van der Waals surface area (Å²) in [4.78, 5) is 0. The van der Waals surface area contributed by atoms with Crippen LogP contribution >= 0.6 is 0 Å². The van der Waals surface area contributed by atoms with Crippen molar-refractivity contribution in [3.05, 3.63) is 60.2 Å². The van der Waals surface area contributed by atoms with E-state index < -0.39 is 0 Å². The summed E-state index contributed by atoms with van der Waals surface area (Å²) in [7, 11) is 0. The van der Waals surface area contributed by atoms with Gasteiger partial charge < -0.3 is 14.8 Å². The first kappa shape index (κ1) is 13.2. The zero-order valence-corrected chi connectivity index (χ0v) is 11.4. The van der Waals surface area contributed by atoms with Crippen LogP contribution in [0.15, 0.2) is 54.6 Å². The molecule has 1 aliphatic rings. The highest BCUT2D eigenvalue weighted by Crippen LogP contribution is 2.21. The summed E-state index contributed by atoms with van der Waals surface area (Å²) in [5.74, 6) is 1.74. The van der Waals surface area contributed by atoms with Crippen molar-refractivity contribution < 1.29 is 9.47 Å². The Bertz CT molecular complexity index is 536. The number of hydrogen-bond donors (Lipinski definition) is 1. The lowest BCUT2D eigenvalue weighted by molar-refractivity contribution is 0.190. The highest BCUT2D eigenvalue weighted by atomic mass is 16.5. The lowest BCUT2D eigenvalue weighted by atomic mass is 10.2. The standard InChI is InChI=1S/C17H19NO2/c1-2-6-16(7-3-1)20-17-8-4-5-14(11-17)12-18-15-9-10-19-13-15/h1-8,11,15,18H,9-10,12-13H2. The van der Waals surface area contributed by atoms with Crippen molar-refractivity contribution in [2.75, 3.05) is 13.2 Å². The van der Waals surface area contributed by atoms with E-state index in [1.165, 1.54) is 5.56 Å². The second kappa shape index (κ2) is 6.55. The summed E-state index contributed by atoms with van der Waals surface area (Å²) in [6, 6.07) is 18.5. The fourth-order valence-corrected chi connectivity index (χ4v) is 2.30. The normalized spacial score (nSPS) is 18.1. The minimum Gasteiger partial charge on any atom is -0.457 e. The molecule has 0 bridgehead atoms.